The Morgan fingerprint density at radius 3 is 2.64 bits per heavy atom. The first-order valence-electron chi connectivity index (χ1n) is 2.92. The van der Waals surface area contributed by atoms with Gasteiger partial charge in [0.15, 0.2) is 0 Å². The Morgan fingerprint density at radius 1 is 1.45 bits per heavy atom. The molecule has 1 aromatic rings. The SMILES string of the molecule is O=C(OS)c1cccc[c]1[Pb]. The summed E-state index contributed by atoms with van der Waals surface area (Å²) in [6, 6.07) is 7.35. The van der Waals surface area contributed by atoms with Gasteiger partial charge in [0.25, 0.3) is 0 Å². The quantitative estimate of drug-likeness (QED) is 0.448. The van der Waals surface area contributed by atoms with Crippen LogP contribution >= 0.6 is 12.9 Å². The van der Waals surface area contributed by atoms with Crippen LogP contribution in [0.2, 0.25) is 0 Å². The van der Waals surface area contributed by atoms with E-state index in [4.69, 9.17) is 0 Å². The number of rotatable bonds is 1. The summed E-state index contributed by atoms with van der Waals surface area (Å²) in [6.07, 6.45) is 0. The van der Waals surface area contributed by atoms with Crippen LogP contribution < -0.4 is 3.12 Å². The molecule has 0 saturated carbocycles. The zero-order chi connectivity index (χ0) is 8.27. The van der Waals surface area contributed by atoms with Crippen molar-refractivity contribution in [1.82, 2.24) is 0 Å². The summed E-state index contributed by atoms with van der Waals surface area (Å²) in [5.74, 6) is -0.376. The molecule has 0 saturated heterocycles. The van der Waals surface area contributed by atoms with E-state index in [0.29, 0.717) is 5.56 Å². The predicted octanol–water partition coefficient (Wildman–Crippen LogP) is 0.482. The van der Waals surface area contributed by atoms with Crippen LogP contribution in [0.25, 0.3) is 0 Å². The topological polar surface area (TPSA) is 26.3 Å². The van der Waals surface area contributed by atoms with Gasteiger partial charge in [-0.1, -0.05) is 0 Å². The van der Waals surface area contributed by atoms with Crippen LogP contribution in [0, 0.1) is 0 Å². The molecule has 11 heavy (non-hydrogen) atoms. The van der Waals surface area contributed by atoms with Gasteiger partial charge in [0.05, 0.1) is 0 Å². The van der Waals surface area contributed by atoms with E-state index < -0.39 is 0 Å². The van der Waals surface area contributed by atoms with Gasteiger partial charge in [0, 0.05) is 0 Å². The van der Waals surface area contributed by atoms with Crippen molar-refractivity contribution in [3.05, 3.63) is 29.8 Å². The molecule has 1 rings (SSSR count). The van der Waals surface area contributed by atoms with Crippen LogP contribution in [0.3, 0.4) is 0 Å². The molecule has 4 heteroatoms. The van der Waals surface area contributed by atoms with Gasteiger partial charge in [-0.05, 0) is 0 Å². The second-order valence-corrected chi connectivity index (χ2v) is 4.20. The van der Waals surface area contributed by atoms with E-state index in [2.05, 4.69) is 17.1 Å². The summed E-state index contributed by atoms with van der Waals surface area (Å²) in [6.45, 7) is 0. The average Bonchev–Trinajstić information content (AvgIpc) is 2.04. The maximum atomic E-state index is 11.0. The molecule has 0 amide bonds. The number of carbonyl (C=O) groups is 1. The second kappa shape index (κ2) is 4.10. The average molecular weight is 360 g/mol. The van der Waals surface area contributed by atoms with Crippen LogP contribution in [0.15, 0.2) is 24.3 Å². The minimum atomic E-state index is -0.376. The number of hydrogen-bond donors (Lipinski definition) is 1. The van der Waals surface area contributed by atoms with Crippen LogP contribution in [0.1, 0.15) is 10.4 Å². The standard InChI is InChI=1S/C7H5O2S.Pb/c8-7(9-10)6-4-2-1-3-5-6;/h1-4,10H;. The molecule has 55 valence electrons. The molecule has 0 unspecified atom stereocenters. The molecule has 0 heterocycles. The second-order valence-electron chi connectivity index (χ2n) is 1.92. The van der Waals surface area contributed by atoms with Crippen molar-refractivity contribution < 1.29 is 8.98 Å². The van der Waals surface area contributed by atoms with Crippen LogP contribution in [0.5, 0.6) is 0 Å². The summed E-state index contributed by atoms with van der Waals surface area (Å²) in [4.78, 5) is 11.0. The zero-order valence-corrected chi connectivity index (χ0v) is 10.4. The summed E-state index contributed by atoms with van der Waals surface area (Å²) >= 11 is 4.28. The fourth-order valence-electron chi connectivity index (χ4n) is 0.710. The number of benzene rings is 1. The molecule has 0 aromatic heterocycles. The van der Waals surface area contributed by atoms with E-state index >= 15 is 0 Å². The van der Waals surface area contributed by atoms with E-state index in [0.717, 1.165) is 28.9 Å². The number of thiol groups is 1. The molecule has 0 N–H and O–H groups in total. The zero-order valence-electron chi connectivity index (χ0n) is 5.57. The van der Waals surface area contributed by atoms with Crippen molar-refractivity contribution in [1.29, 1.82) is 0 Å². The number of carbonyl (C=O) groups excluding carboxylic acids is 1. The minimum absolute atomic E-state index is 0.376. The van der Waals surface area contributed by atoms with Gasteiger partial charge in [0.2, 0.25) is 0 Å². The molecule has 0 aliphatic rings. The Bertz CT molecular complexity index is 275. The molecular weight excluding hydrogens is 355 g/mol. The Hall–Kier alpha value is -0.0379. The first kappa shape index (κ1) is 9.05. The molecule has 0 bridgehead atoms. The third kappa shape index (κ3) is 2.20. The molecular formula is C7H5O2PbS. The molecule has 0 aliphatic heterocycles. The van der Waals surface area contributed by atoms with Gasteiger partial charge >= 0.3 is 86.6 Å². The molecule has 0 atom stereocenters. The predicted molar refractivity (Wildman–Crippen MR) is 46.2 cm³/mol. The van der Waals surface area contributed by atoms with Crippen molar-refractivity contribution >= 4 is 47.8 Å². The van der Waals surface area contributed by atoms with E-state index in [1.807, 2.05) is 12.1 Å². The molecule has 0 aliphatic carbocycles. The molecule has 2 nitrogen and oxygen atoms in total. The Kier molecular flexibility index (Phi) is 3.38. The van der Waals surface area contributed by atoms with E-state index in [-0.39, 0.29) is 5.97 Å². The summed E-state index contributed by atoms with van der Waals surface area (Å²) in [5, 5.41) is 0. The van der Waals surface area contributed by atoms with Gasteiger partial charge in [-0.15, -0.1) is 0 Å². The normalized spacial score (nSPS) is 9.27. The fraction of sp³-hybridized carbons (Fsp3) is 0. The summed E-state index contributed by atoms with van der Waals surface area (Å²) in [5.41, 5.74) is 0.620. The van der Waals surface area contributed by atoms with Gasteiger partial charge < -0.3 is 0 Å². The Morgan fingerprint density at radius 2 is 2.09 bits per heavy atom. The van der Waals surface area contributed by atoms with Crippen LogP contribution in [0.4, 0.5) is 0 Å². The number of hydrogen-bond acceptors (Lipinski definition) is 3. The third-order valence-electron chi connectivity index (χ3n) is 1.23. The summed E-state index contributed by atoms with van der Waals surface area (Å²) in [7, 11) is 0. The fourth-order valence-corrected chi connectivity index (χ4v) is 1.90. The first-order chi connectivity index (χ1) is 5.25. The third-order valence-corrected chi connectivity index (χ3v) is 3.09. The van der Waals surface area contributed by atoms with E-state index in [1.165, 1.54) is 0 Å². The Labute approximate surface area is 86.2 Å². The van der Waals surface area contributed by atoms with Gasteiger partial charge in [-0.2, -0.15) is 0 Å². The van der Waals surface area contributed by atoms with Crippen molar-refractivity contribution in [2.24, 2.45) is 0 Å². The van der Waals surface area contributed by atoms with Crippen molar-refractivity contribution in [3.8, 4) is 0 Å². The van der Waals surface area contributed by atoms with E-state index in [9.17, 15) is 4.79 Å². The van der Waals surface area contributed by atoms with Gasteiger partial charge in [-0.3, -0.25) is 0 Å². The molecule has 1 aromatic carbocycles. The summed E-state index contributed by atoms with van der Waals surface area (Å²) < 4.78 is 5.33. The maximum absolute atomic E-state index is 11.0. The molecule has 0 fully saturated rings. The van der Waals surface area contributed by atoms with Gasteiger partial charge in [-0.25, -0.2) is 0 Å². The van der Waals surface area contributed by atoms with Gasteiger partial charge in [0.1, 0.15) is 0 Å². The van der Waals surface area contributed by atoms with E-state index in [1.54, 1.807) is 12.1 Å². The van der Waals surface area contributed by atoms with Crippen LogP contribution in [-0.4, -0.2) is 31.7 Å². The van der Waals surface area contributed by atoms with Crippen molar-refractivity contribution in [2.75, 3.05) is 0 Å². The van der Waals surface area contributed by atoms with Crippen LogP contribution in [-0.2, 0) is 4.18 Å². The monoisotopic (exact) mass is 361 g/mol. The Balaban J connectivity index is 3.03. The molecule has 0 spiro atoms. The van der Waals surface area contributed by atoms with Crippen molar-refractivity contribution in [3.63, 3.8) is 0 Å². The van der Waals surface area contributed by atoms with Crippen molar-refractivity contribution in [2.45, 2.75) is 0 Å². The first-order valence-corrected chi connectivity index (χ1v) is 5.23. The molecule has 3 radical (unpaired) electrons.